The Morgan fingerprint density at radius 1 is 1.17 bits per heavy atom. The number of halogens is 1. The van der Waals surface area contributed by atoms with E-state index in [0.717, 1.165) is 0 Å². The fourth-order valence-corrected chi connectivity index (χ4v) is 1.64. The first kappa shape index (κ1) is 12.5. The van der Waals surface area contributed by atoms with E-state index in [1.807, 2.05) is 11.1 Å². The van der Waals surface area contributed by atoms with Gasteiger partial charge in [0.2, 0.25) is 0 Å². The number of anilines is 1. The minimum Gasteiger partial charge on any atom is -0.379 e. The molecule has 2 heterocycles. The van der Waals surface area contributed by atoms with Gasteiger partial charge < -0.3 is 10.2 Å². The summed E-state index contributed by atoms with van der Waals surface area (Å²) in [6, 6.07) is 3.59. The molecule has 0 saturated carbocycles. The van der Waals surface area contributed by atoms with Gasteiger partial charge in [0.1, 0.15) is 12.1 Å². The van der Waals surface area contributed by atoms with Crippen molar-refractivity contribution in [2.24, 2.45) is 0 Å². The number of hydrazine groups is 1. The third kappa shape index (κ3) is 2.66. The third-order valence-corrected chi connectivity index (χ3v) is 2.60. The van der Waals surface area contributed by atoms with Crippen LogP contribution in [0.3, 0.4) is 0 Å². The summed E-state index contributed by atoms with van der Waals surface area (Å²) < 4.78 is 5.20. The van der Waals surface area contributed by atoms with Crippen LogP contribution in [0.25, 0.3) is 0 Å². The molecule has 0 bridgehead atoms. The van der Waals surface area contributed by atoms with Crippen LogP contribution in [0.2, 0.25) is 5.15 Å². The molecule has 0 unspecified atom stereocenters. The zero-order valence-corrected chi connectivity index (χ0v) is 10.1. The van der Waals surface area contributed by atoms with Gasteiger partial charge in [-0.1, -0.05) is 11.6 Å². The number of nitrogens with one attached hydrogen (secondary N) is 1. The molecule has 0 atom stereocenters. The van der Waals surface area contributed by atoms with E-state index in [4.69, 9.17) is 26.9 Å². The summed E-state index contributed by atoms with van der Waals surface area (Å²) in [5.74, 6) is 0.272. The predicted molar refractivity (Wildman–Crippen MR) is 62.5 cm³/mol. The standard InChI is InChI=1S/C10H9ClN6O/c11-9-10(16-17-1-3-18-4-2-17)15-8(6-13)7(5-12)14-9/h1-4H2,(H,15,16). The van der Waals surface area contributed by atoms with Crippen LogP contribution in [-0.2, 0) is 4.74 Å². The van der Waals surface area contributed by atoms with E-state index in [0.29, 0.717) is 26.3 Å². The molecule has 1 N–H and O–H groups in total. The summed E-state index contributed by atoms with van der Waals surface area (Å²) in [7, 11) is 0. The highest BCUT2D eigenvalue weighted by molar-refractivity contribution is 6.31. The van der Waals surface area contributed by atoms with E-state index in [9.17, 15) is 0 Å². The van der Waals surface area contributed by atoms with Gasteiger partial charge in [0.15, 0.2) is 22.4 Å². The summed E-state index contributed by atoms with van der Waals surface area (Å²) in [5.41, 5.74) is 2.84. The molecule has 7 nitrogen and oxygen atoms in total. The number of nitrogens with zero attached hydrogens (tertiary/aromatic N) is 5. The Labute approximate surface area is 109 Å². The minimum absolute atomic E-state index is 0.0438. The molecule has 1 aromatic rings. The molecule has 0 radical (unpaired) electrons. The van der Waals surface area contributed by atoms with Crippen molar-refractivity contribution in [1.82, 2.24) is 15.0 Å². The summed E-state index contributed by atoms with van der Waals surface area (Å²) in [4.78, 5) is 7.81. The topological polar surface area (TPSA) is 97.9 Å². The third-order valence-electron chi connectivity index (χ3n) is 2.34. The Hall–Kier alpha value is -1.93. The maximum absolute atomic E-state index is 8.86. The van der Waals surface area contributed by atoms with Crippen molar-refractivity contribution >= 4 is 17.4 Å². The Morgan fingerprint density at radius 3 is 2.39 bits per heavy atom. The molecule has 1 aliphatic heterocycles. The molecule has 0 spiro atoms. The average molecular weight is 265 g/mol. The van der Waals surface area contributed by atoms with E-state index in [2.05, 4.69) is 15.4 Å². The summed E-state index contributed by atoms with van der Waals surface area (Å²) >= 11 is 5.90. The van der Waals surface area contributed by atoms with Crippen LogP contribution >= 0.6 is 11.6 Å². The number of hydrogen-bond donors (Lipinski definition) is 1. The van der Waals surface area contributed by atoms with Gasteiger partial charge in [0, 0.05) is 13.1 Å². The lowest BCUT2D eigenvalue weighted by Crippen LogP contribution is -2.40. The summed E-state index contributed by atoms with van der Waals surface area (Å²) in [5, 5.41) is 19.6. The highest BCUT2D eigenvalue weighted by Crippen LogP contribution is 2.19. The smallest absolute Gasteiger partial charge is 0.179 e. The maximum atomic E-state index is 8.86. The number of rotatable bonds is 2. The van der Waals surface area contributed by atoms with Crippen molar-refractivity contribution in [3.05, 3.63) is 16.5 Å². The molecule has 0 amide bonds. The van der Waals surface area contributed by atoms with Crippen molar-refractivity contribution in [2.75, 3.05) is 31.7 Å². The van der Waals surface area contributed by atoms with Crippen LogP contribution in [0.5, 0.6) is 0 Å². The first-order valence-electron chi connectivity index (χ1n) is 5.21. The van der Waals surface area contributed by atoms with Crippen molar-refractivity contribution in [2.45, 2.75) is 0 Å². The van der Waals surface area contributed by atoms with E-state index >= 15 is 0 Å². The molecule has 18 heavy (non-hydrogen) atoms. The lowest BCUT2D eigenvalue weighted by molar-refractivity contribution is 0.0494. The van der Waals surface area contributed by atoms with Gasteiger partial charge in [-0.3, -0.25) is 0 Å². The first-order chi connectivity index (χ1) is 8.74. The highest BCUT2D eigenvalue weighted by Gasteiger charge is 2.16. The highest BCUT2D eigenvalue weighted by atomic mass is 35.5. The second kappa shape index (κ2) is 5.61. The van der Waals surface area contributed by atoms with Crippen molar-refractivity contribution in [1.29, 1.82) is 10.5 Å². The van der Waals surface area contributed by atoms with Crippen LogP contribution in [0, 0.1) is 22.7 Å². The molecular weight excluding hydrogens is 256 g/mol. The second-order valence-corrected chi connectivity index (χ2v) is 3.85. The van der Waals surface area contributed by atoms with Crippen LogP contribution in [0.1, 0.15) is 11.4 Å². The van der Waals surface area contributed by atoms with Crippen LogP contribution in [0.15, 0.2) is 0 Å². The number of nitriles is 2. The number of aromatic nitrogens is 2. The summed E-state index contributed by atoms with van der Waals surface area (Å²) in [6.45, 7) is 2.58. The molecule has 0 aromatic carbocycles. The normalized spacial score (nSPS) is 15.7. The molecule has 1 aliphatic rings. The van der Waals surface area contributed by atoms with E-state index in [1.165, 1.54) is 0 Å². The van der Waals surface area contributed by atoms with Crippen LogP contribution in [0.4, 0.5) is 5.82 Å². The van der Waals surface area contributed by atoms with Gasteiger partial charge in [-0.15, -0.1) is 0 Å². The number of ether oxygens (including phenoxy) is 1. The fourth-order valence-electron chi connectivity index (χ4n) is 1.47. The SMILES string of the molecule is N#Cc1nc(Cl)c(NN2CCOCC2)nc1C#N. The average Bonchev–Trinajstić information content (AvgIpc) is 2.41. The predicted octanol–water partition coefficient (Wildman–Crippen LogP) is 0.532. The molecular formula is C10H9ClN6O. The van der Waals surface area contributed by atoms with Crippen molar-refractivity contribution < 1.29 is 4.74 Å². The Balaban J connectivity index is 2.23. The van der Waals surface area contributed by atoms with Crippen LogP contribution in [-0.4, -0.2) is 41.3 Å². The molecule has 0 aliphatic carbocycles. The zero-order chi connectivity index (χ0) is 13.0. The first-order valence-corrected chi connectivity index (χ1v) is 5.59. The van der Waals surface area contributed by atoms with Gasteiger partial charge in [0.05, 0.1) is 13.2 Å². The largest absolute Gasteiger partial charge is 0.379 e. The van der Waals surface area contributed by atoms with Gasteiger partial charge in [-0.2, -0.15) is 10.5 Å². The summed E-state index contributed by atoms with van der Waals surface area (Å²) in [6.07, 6.45) is 0. The Kier molecular flexibility index (Phi) is 3.90. The van der Waals surface area contributed by atoms with Gasteiger partial charge in [0.25, 0.3) is 0 Å². The molecule has 1 fully saturated rings. The second-order valence-electron chi connectivity index (χ2n) is 3.50. The number of hydrogen-bond acceptors (Lipinski definition) is 7. The molecule has 1 saturated heterocycles. The quantitative estimate of drug-likeness (QED) is 0.832. The molecule has 2 rings (SSSR count). The van der Waals surface area contributed by atoms with Gasteiger partial charge >= 0.3 is 0 Å². The minimum atomic E-state index is -0.0740. The Bertz CT molecular complexity index is 528. The Morgan fingerprint density at radius 2 is 1.78 bits per heavy atom. The molecule has 8 heteroatoms. The molecule has 92 valence electrons. The fraction of sp³-hybridized carbons (Fsp3) is 0.400. The molecule has 1 aromatic heterocycles. The maximum Gasteiger partial charge on any atom is 0.179 e. The zero-order valence-electron chi connectivity index (χ0n) is 9.35. The number of morpholine rings is 1. The van der Waals surface area contributed by atoms with Gasteiger partial charge in [-0.05, 0) is 0 Å². The van der Waals surface area contributed by atoms with Crippen molar-refractivity contribution in [3.8, 4) is 12.1 Å². The van der Waals surface area contributed by atoms with Crippen LogP contribution < -0.4 is 5.43 Å². The lowest BCUT2D eigenvalue weighted by Gasteiger charge is -2.27. The van der Waals surface area contributed by atoms with E-state index in [1.54, 1.807) is 6.07 Å². The van der Waals surface area contributed by atoms with Crippen molar-refractivity contribution in [3.63, 3.8) is 0 Å². The monoisotopic (exact) mass is 264 g/mol. The lowest BCUT2D eigenvalue weighted by atomic mass is 10.3. The van der Waals surface area contributed by atoms with E-state index in [-0.39, 0.29) is 22.4 Å². The van der Waals surface area contributed by atoms with E-state index < -0.39 is 0 Å². The van der Waals surface area contributed by atoms with Gasteiger partial charge in [-0.25, -0.2) is 15.0 Å².